The van der Waals surface area contributed by atoms with E-state index in [4.69, 9.17) is 15.2 Å². The Bertz CT molecular complexity index is 188. The second-order valence-corrected chi connectivity index (χ2v) is 3.43. The number of amides is 1. The highest BCUT2D eigenvalue weighted by atomic mass is 16.5. The van der Waals surface area contributed by atoms with E-state index in [0.29, 0.717) is 6.61 Å². The first kappa shape index (κ1) is 11.4. The molecule has 1 aliphatic rings. The summed E-state index contributed by atoms with van der Waals surface area (Å²) < 4.78 is 10.2. The zero-order valence-electron chi connectivity index (χ0n) is 8.73. The fraction of sp³-hybridized carbons (Fsp3) is 0.889. The SMILES string of the molecule is COC(CN)C(=O)N(C)C1CCOC1. The van der Waals surface area contributed by atoms with Crippen LogP contribution in [-0.4, -0.2) is 56.9 Å². The number of nitrogens with zero attached hydrogens (tertiary/aromatic N) is 1. The Hall–Kier alpha value is -0.650. The molecule has 2 N–H and O–H groups in total. The minimum Gasteiger partial charge on any atom is -0.379 e. The third-order valence-electron chi connectivity index (χ3n) is 2.58. The molecule has 0 bridgehead atoms. The van der Waals surface area contributed by atoms with Crippen LogP contribution in [0.5, 0.6) is 0 Å². The van der Waals surface area contributed by atoms with Crippen molar-refractivity contribution in [3.8, 4) is 0 Å². The van der Waals surface area contributed by atoms with Crippen LogP contribution in [0, 0.1) is 0 Å². The van der Waals surface area contributed by atoms with Crippen molar-refractivity contribution in [3.63, 3.8) is 0 Å². The summed E-state index contributed by atoms with van der Waals surface area (Å²) in [5.41, 5.74) is 5.42. The van der Waals surface area contributed by atoms with Crippen LogP contribution < -0.4 is 5.73 Å². The molecule has 1 aliphatic heterocycles. The van der Waals surface area contributed by atoms with Gasteiger partial charge in [0.2, 0.25) is 0 Å². The van der Waals surface area contributed by atoms with Crippen molar-refractivity contribution in [2.24, 2.45) is 5.73 Å². The van der Waals surface area contributed by atoms with E-state index in [-0.39, 0.29) is 18.5 Å². The molecule has 2 atom stereocenters. The summed E-state index contributed by atoms with van der Waals surface area (Å²) in [6.45, 7) is 1.55. The lowest BCUT2D eigenvalue weighted by molar-refractivity contribution is -0.142. The minimum absolute atomic E-state index is 0.0644. The molecule has 0 aliphatic carbocycles. The fourth-order valence-corrected chi connectivity index (χ4v) is 1.53. The maximum atomic E-state index is 11.8. The molecule has 0 spiro atoms. The van der Waals surface area contributed by atoms with Crippen LogP contribution in [-0.2, 0) is 14.3 Å². The van der Waals surface area contributed by atoms with Gasteiger partial charge < -0.3 is 20.1 Å². The van der Waals surface area contributed by atoms with Crippen molar-refractivity contribution in [2.75, 3.05) is 33.9 Å². The molecule has 14 heavy (non-hydrogen) atoms. The molecule has 5 nitrogen and oxygen atoms in total. The fourth-order valence-electron chi connectivity index (χ4n) is 1.53. The summed E-state index contributed by atoms with van der Waals surface area (Å²) in [4.78, 5) is 13.4. The zero-order chi connectivity index (χ0) is 10.6. The lowest BCUT2D eigenvalue weighted by atomic mass is 10.2. The number of methoxy groups -OCH3 is 1. The first-order valence-corrected chi connectivity index (χ1v) is 4.78. The second-order valence-electron chi connectivity index (χ2n) is 3.43. The third-order valence-corrected chi connectivity index (χ3v) is 2.58. The molecule has 1 fully saturated rings. The molecule has 0 aromatic heterocycles. The van der Waals surface area contributed by atoms with E-state index in [1.165, 1.54) is 7.11 Å². The van der Waals surface area contributed by atoms with Crippen molar-refractivity contribution >= 4 is 5.91 Å². The van der Waals surface area contributed by atoms with Gasteiger partial charge in [-0.3, -0.25) is 4.79 Å². The average molecular weight is 202 g/mol. The van der Waals surface area contributed by atoms with Gasteiger partial charge in [-0.15, -0.1) is 0 Å². The van der Waals surface area contributed by atoms with Gasteiger partial charge in [-0.1, -0.05) is 0 Å². The second kappa shape index (κ2) is 5.29. The molecule has 5 heteroatoms. The van der Waals surface area contributed by atoms with E-state index in [1.54, 1.807) is 11.9 Å². The van der Waals surface area contributed by atoms with Crippen LogP contribution >= 0.6 is 0 Å². The van der Waals surface area contributed by atoms with E-state index in [2.05, 4.69) is 0 Å². The van der Waals surface area contributed by atoms with Gasteiger partial charge in [0, 0.05) is 27.3 Å². The van der Waals surface area contributed by atoms with Crippen LogP contribution in [0.3, 0.4) is 0 Å². The standard InChI is InChI=1S/C9H18N2O3/c1-11(7-3-4-14-6-7)9(12)8(5-10)13-2/h7-8H,3-6,10H2,1-2H3. The van der Waals surface area contributed by atoms with Gasteiger partial charge in [0.15, 0.2) is 0 Å². The number of hydrogen-bond acceptors (Lipinski definition) is 4. The number of carbonyl (C=O) groups excluding carboxylic acids is 1. The number of carbonyl (C=O) groups is 1. The number of nitrogens with two attached hydrogens (primary N) is 1. The molecule has 1 saturated heterocycles. The smallest absolute Gasteiger partial charge is 0.253 e. The summed E-state index contributed by atoms with van der Waals surface area (Å²) in [5.74, 6) is -0.0644. The Morgan fingerprint density at radius 3 is 2.93 bits per heavy atom. The van der Waals surface area contributed by atoms with Crippen LogP contribution in [0.4, 0.5) is 0 Å². The average Bonchev–Trinajstić information content (AvgIpc) is 2.71. The van der Waals surface area contributed by atoms with Gasteiger partial charge in [0.1, 0.15) is 6.10 Å². The molecule has 0 radical (unpaired) electrons. The number of likely N-dealkylation sites (N-methyl/N-ethyl adjacent to an activating group) is 1. The molecule has 0 aromatic rings. The predicted octanol–water partition coefficient (Wildman–Crippen LogP) is -0.793. The van der Waals surface area contributed by atoms with Gasteiger partial charge >= 0.3 is 0 Å². The molecule has 0 aromatic carbocycles. The Labute approximate surface area is 84.1 Å². The maximum Gasteiger partial charge on any atom is 0.253 e. The van der Waals surface area contributed by atoms with Crippen LogP contribution in [0.25, 0.3) is 0 Å². The van der Waals surface area contributed by atoms with Crippen LogP contribution in [0.2, 0.25) is 0 Å². The molecule has 1 heterocycles. The number of hydrogen-bond donors (Lipinski definition) is 1. The first-order chi connectivity index (χ1) is 6.70. The normalized spacial score (nSPS) is 23.5. The van der Waals surface area contributed by atoms with E-state index in [9.17, 15) is 4.79 Å². The first-order valence-electron chi connectivity index (χ1n) is 4.78. The number of rotatable bonds is 4. The highest BCUT2D eigenvalue weighted by Crippen LogP contribution is 2.11. The Morgan fingerprint density at radius 1 is 1.79 bits per heavy atom. The molecule has 82 valence electrons. The number of ether oxygens (including phenoxy) is 2. The summed E-state index contributed by atoms with van der Waals surface area (Å²) in [7, 11) is 3.26. The lowest BCUT2D eigenvalue weighted by Gasteiger charge is -2.26. The Balaban J connectivity index is 2.49. The summed E-state index contributed by atoms with van der Waals surface area (Å²) >= 11 is 0. The van der Waals surface area contributed by atoms with Crippen molar-refractivity contribution in [3.05, 3.63) is 0 Å². The summed E-state index contributed by atoms with van der Waals surface area (Å²) in [6, 6.07) is 0.173. The Morgan fingerprint density at radius 2 is 2.50 bits per heavy atom. The summed E-state index contributed by atoms with van der Waals surface area (Å²) in [6.07, 6.45) is 0.365. The monoisotopic (exact) mass is 202 g/mol. The van der Waals surface area contributed by atoms with Crippen molar-refractivity contribution in [1.29, 1.82) is 0 Å². The molecular formula is C9H18N2O3. The van der Waals surface area contributed by atoms with Gasteiger partial charge in [-0.05, 0) is 6.42 Å². The molecule has 1 amide bonds. The van der Waals surface area contributed by atoms with E-state index in [1.807, 2.05) is 0 Å². The lowest BCUT2D eigenvalue weighted by Crippen LogP contribution is -2.46. The van der Waals surface area contributed by atoms with Gasteiger partial charge in [-0.25, -0.2) is 0 Å². The minimum atomic E-state index is -0.527. The largest absolute Gasteiger partial charge is 0.379 e. The van der Waals surface area contributed by atoms with Gasteiger partial charge in [0.05, 0.1) is 12.6 Å². The zero-order valence-corrected chi connectivity index (χ0v) is 8.73. The van der Waals surface area contributed by atoms with E-state index in [0.717, 1.165) is 13.0 Å². The van der Waals surface area contributed by atoms with Crippen molar-refractivity contribution in [2.45, 2.75) is 18.6 Å². The van der Waals surface area contributed by atoms with Crippen molar-refractivity contribution in [1.82, 2.24) is 4.90 Å². The molecule has 2 unspecified atom stereocenters. The summed E-state index contributed by atoms with van der Waals surface area (Å²) in [5, 5.41) is 0. The topological polar surface area (TPSA) is 64.8 Å². The van der Waals surface area contributed by atoms with Crippen LogP contribution in [0.15, 0.2) is 0 Å². The van der Waals surface area contributed by atoms with E-state index < -0.39 is 6.10 Å². The van der Waals surface area contributed by atoms with Crippen molar-refractivity contribution < 1.29 is 14.3 Å². The quantitative estimate of drug-likeness (QED) is 0.648. The Kier molecular flexibility index (Phi) is 4.31. The highest BCUT2D eigenvalue weighted by molar-refractivity contribution is 5.81. The molecular weight excluding hydrogens is 184 g/mol. The molecule has 1 rings (SSSR count). The highest BCUT2D eigenvalue weighted by Gasteiger charge is 2.28. The van der Waals surface area contributed by atoms with Gasteiger partial charge in [0.25, 0.3) is 5.91 Å². The maximum absolute atomic E-state index is 11.8. The van der Waals surface area contributed by atoms with Gasteiger partial charge in [-0.2, -0.15) is 0 Å². The van der Waals surface area contributed by atoms with Crippen LogP contribution in [0.1, 0.15) is 6.42 Å². The van der Waals surface area contributed by atoms with E-state index >= 15 is 0 Å². The third kappa shape index (κ3) is 2.43. The predicted molar refractivity (Wildman–Crippen MR) is 51.8 cm³/mol. The molecule has 0 saturated carbocycles.